The van der Waals surface area contributed by atoms with Gasteiger partial charge in [-0.3, -0.25) is 0 Å². The Morgan fingerprint density at radius 1 is 1.00 bits per heavy atom. The molecule has 0 amide bonds. The summed E-state index contributed by atoms with van der Waals surface area (Å²) in [6, 6.07) is 0. The zero-order valence-corrected chi connectivity index (χ0v) is 7.84. The van der Waals surface area contributed by atoms with E-state index in [1.165, 1.54) is 0 Å². The summed E-state index contributed by atoms with van der Waals surface area (Å²) in [5, 5.41) is 0. The van der Waals surface area contributed by atoms with E-state index in [2.05, 4.69) is 14.2 Å². The molecule has 15 heavy (non-hydrogen) atoms. The van der Waals surface area contributed by atoms with Crippen molar-refractivity contribution in [1.29, 1.82) is 0 Å². The molecule has 2 aliphatic rings. The third-order valence-corrected chi connectivity index (χ3v) is 1.75. The van der Waals surface area contributed by atoms with Gasteiger partial charge in [0, 0.05) is 0 Å². The highest BCUT2D eigenvalue weighted by atomic mass is 16.8. The molecule has 0 spiro atoms. The van der Waals surface area contributed by atoms with Crippen molar-refractivity contribution in [2.75, 3.05) is 26.4 Å². The van der Waals surface area contributed by atoms with Crippen molar-refractivity contribution in [3.05, 3.63) is 0 Å². The van der Waals surface area contributed by atoms with Crippen LogP contribution in [0.1, 0.15) is 0 Å². The van der Waals surface area contributed by atoms with Crippen molar-refractivity contribution >= 4 is 12.3 Å². The van der Waals surface area contributed by atoms with Crippen LogP contribution in [-0.4, -0.2) is 50.9 Å². The van der Waals surface area contributed by atoms with E-state index >= 15 is 0 Å². The number of hydrogen-bond donors (Lipinski definition) is 0. The Bertz CT molecular complexity index is 230. The second-order valence-corrected chi connectivity index (χ2v) is 3.13. The molecule has 7 heteroatoms. The van der Waals surface area contributed by atoms with Gasteiger partial charge >= 0.3 is 12.3 Å². The maximum Gasteiger partial charge on any atom is 0.518 e. The molecule has 0 aromatic heterocycles. The predicted octanol–water partition coefficient (Wildman–Crippen LogP) is 0.0738. The number of hydrogen-bond acceptors (Lipinski definition) is 7. The number of ether oxygens (including phenoxy) is 5. The van der Waals surface area contributed by atoms with E-state index < -0.39 is 12.3 Å². The summed E-state index contributed by atoms with van der Waals surface area (Å²) in [6.07, 6.45) is -2.28. The van der Waals surface area contributed by atoms with E-state index in [1.54, 1.807) is 0 Å². The molecule has 7 nitrogen and oxygen atoms in total. The molecule has 84 valence electrons. The summed E-state index contributed by atoms with van der Waals surface area (Å²) >= 11 is 0. The molecule has 0 aromatic rings. The first kappa shape index (κ1) is 10.2. The van der Waals surface area contributed by atoms with Crippen LogP contribution < -0.4 is 0 Å². The van der Waals surface area contributed by atoms with Crippen LogP contribution >= 0.6 is 0 Å². The third-order valence-electron chi connectivity index (χ3n) is 1.75. The molecular weight excluding hydrogens is 208 g/mol. The van der Waals surface area contributed by atoms with Crippen LogP contribution in [0.2, 0.25) is 0 Å². The summed E-state index contributed by atoms with van der Waals surface area (Å²) in [6.45, 7) is 1.32. The minimum Gasteiger partial charge on any atom is -0.431 e. The maximum absolute atomic E-state index is 10.8. The van der Waals surface area contributed by atoms with Gasteiger partial charge in [0.2, 0.25) is 0 Å². The van der Waals surface area contributed by atoms with E-state index in [9.17, 15) is 9.59 Å². The quantitative estimate of drug-likeness (QED) is 0.375. The van der Waals surface area contributed by atoms with Crippen LogP contribution in [0.4, 0.5) is 9.59 Å². The Morgan fingerprint density at radius 2 is 1.40 bits per heavy atom. The fourth-order valence-electron chi connectivity index (χ4n) is 0.777. The lowest BCUT2D eigenvalue weighted by atomic mass is 10.5. The van der Waals surface area contributed by atoms with Crippen LogP contribution in [0.15, 0.2) is 0 Å². The van der Waals surface area contributed by atoms with Crippen LogP contribution in [0, 0.1) is 0 Å². The summed E-state index contributed by atoms with van der Waals surface area (Å²) < 4.78 is 22.8. The first-order chi connectivity index (χ1) is 7.24. The standard InChI is InChI=1S/C8H10O7/c9-7(13-3-5-1-11-5)15-8(10)14-4-6-2-12-6/h5-6H,1-4H2. The van der Waals surface area contributed by atoms with Crippen LogP contribution in [0.25, 0.3) is 0 Å². The molecule has 2 rings (SSSR count). The van der Waals surface area contributed by atoms with Gasteiger partial charge in [0.25, 0.3) is 0 Å². The minimum atomic E-state index is -1.08. The SMILES string of the molecule is O=C(OCC1CO1)OC(=O)OCC1CO1. The van der Waals surface area contributed by atoms with Gasteiger partial charge in [-0.2, -0.15) is 0 Å². The molecule has 0 saturated carbocycles. The largest absolute Gasteiger partial charge is 0.518 e. The van der Waals surface area contributed by atoms with Crippen molar-refractivity contribution in [2.24, 2.45) is 0 Å². The average Bonchev–Trinajstić information content (AvgIpc) is 3.04. The molecule has 2 heterocycles. The summed E-state index contributed by atoms with van der Waals surface area (Å²) in [4.78, 5) is 21.6. The monoisotopic (exact) mass is 218 g/mol. The van der Waals surface area contributed by atoms with Crippen molar-refractivity contribution in [3.63, 3.8) is 0 Å². The van der Waals surface area contributed by atoms with E-state index in [4.69, 9.17) is 9.47 Å². The summed E-state index contributed by atoms with van der Waals surface area (Å²) in [5.41, 5.74) is 0. The van der Waals surface area contributed by atoms with Crippen LogP contribution in [-0.2, 0) is 23.7 Å². The zero-order chi connectivity index (χ0) is 10.7. The second-order valence-electron chi connectivity index (χ2n) is 3.13. The topological polar surface area (TPSA) is 86.9 Å². The lowest BCUT2D eigenvalue weighted by molar-refractivity contribution is 0.0314. The zero-order valence-electron chi connectivity index (χ0n) is 7.84. The van der Waals surface area contributed by atoms with Gasteiger partial charge in [-0.05, 0) is 0 Å². The third kappa shape index (κ3) is 4.13. The lowest BCUT2D eigenvalue weighted by Crippen LogP contribution is -2.18. The molecule has 2 fully saturated rings. The highest BCUT2D eigenvalue weighted by Gasteiger charge is 2.27. The van der Waals surface area contributed by atoms with Crippen molar-refractivity contribution < 1.29 is 33.3 Å². The summed E-state index contributed by atoms with van der Waals surface area (Å²) in [7, 11) is 0. The molecule has 0 aliphatic carbocycles. The van der Waals surface area contributed by atoms with E-state index in [0.29, 0.717) is 13.2 Å². The number of epoxide rings is 2. The number of rotatable bonds is 4. The molecule has 2 unspecified atom stereocenters. The predicted molar refractivity (Wildman–Crippen MR) is 43.3 cm³/mol. The Kier molecular flexibility index (Phi) is 3.02. The van der Waals surface area contributed by atoms with Gasteiger partial charge in [-0.1, -0.05) is 0 Å². The second kappa shape index (κ2) is 4.45. The van der Waals surface area contributed by atoms with Gasteiger partial charge in [0.1, 0.15) is 25.4 Å². The minimum absolute atomic E-state index is 0.0616. The molecule has 0 bridgehead atoms. The van der Waals surface area contributed by atoms with Gasteiger partial charge in [-0.25, -0.2) is 9.59 Å². The van der Waals surface area contributed by atoms with Crippen LogP contribution in [0.3, 0.4) is 0 Å². The van der Waals surface area contributed by atoms with E-state index in [1.807, 2.05) is 0 Å². The summed E-state index contributed by atoms with van der Waals surface area (Å²) in [5.74, 6) is 0. The van der Waals surface area contributed by atoms with E-state index in [-0.39, 0.29) is 25.4 Å². The molecule has 2 saturated heterocycles. The maximum atomic E-state index is 10.8. The molecular formula is C8H10O7. The fourth-order valence-corrected chi connectivity index (χ4v) is 0.777. The average molecular weight is 218 g/mol. The molecule has 2 atom stereocenters. The van der Waals surface area contributed by atoms with Crippen LogP contribution in [0.5, 0.6) is 0 Å². The Morgan fingerprint density at radius 3 is 1.73 bits per heavy atom. The first-order valence-corrected chi connectivity index (χ1v) is 4.48. The Balaban J connectivity index is 1.52. The molecule has 0 radical (unpaired) electrons. The number of carbonyl (C=O) groups excluding carboxylic acids is 2. The van der Waals surface area contributed by atoms with Crippen molar-refractivity contribution in [2.45, 2.75) is 12.2 Å². The normalized spacial score (nSPS) is 26.7. The molecule has 0 aromatic carbocycles. The smallest absolute Gasteiger partial charge is 0.431 e. The Labute approximate surface area is 85.2 Å². The molecule has 0 N–H and O–H groups in total. The Hall–Kier alpha value is -1.34. The highest BCUT2D eigenvalue weighted by molar-refractivity contribution is 5.76. The fraction of sp³-hybridized carbons (Fsp3) is 0.750. The molecule has 2 aliphatic heterocycles. The van der Waals surface area contributed by atoms with E-state index in [0.717, 1.165) is 0 Å². The van der Waals surface area contributed by atoms with Crippen molar-refractivity contribution in [1.82, 2.24) is 0 Å². The van der Waals surface area contributed by atoms with Gasteiger partial charge in [0.05, 0.1) is 13.2 Å². The highest BCUT2D eigenvalue weighted by Crippen LogP contribution is 2.10. The van der Waals surface area contributed by atoms with Gasteiger partial charge in [0.15, 0.2) is 0 Å². The van der Waals surface area contributed by atoms with Gasteiger partial charge < -0.3 is 23.7 Å². The van der Waals surface area contributed by atoms with Gasteiger partial charge in [-0.15, -0.1) is 0 Å². The lowest BCUT2D eigenvalue weighted by Gasteiger charge is -2.03. The number of carbonyl (C=O) groups is 2. The first-order valence-electron chi connectivity index (χ1n) is 4.48. The van der Waals surface area contributed by atoms with Crippen molar-refractivity contribution in [3.8, 4) is 0 Å².